The maximum absolute atomic E-state index is 5.90. The van der Waals surface area contributed by atoms with E-state index in [9.17, 15) is 0 Å². The van der Waals surface area contributed by atoms with Gasteiger partial charge in [0, 0.05) is 22.4 Å². The van der Waals surface area contributed by atoms with Gasteiger partial charge >= 0.3 is 0 Å². The molecule has 0 bridgehead atoms. The summed E-state index contributed by atoms with van der Waals surface area (Å²) in [5, 5.41) is 1.23. The smallest absolute Gasteiger partial charge is 0.135 e. The lowest BCUT2D eigenvalue weighted by molar-refractivity contribution is 0.343. The van der Waals surface area contributed by atoms with Crippen molar-refractivity contribution in [2.45, 2.75) is 73.1 Å². The van der Waals surface area contributed by atoms with Crippen molar-refractivity contribution in [1.82, 2.24) is 0 Å². The highest BCUT2D eigenvalue weighted by Gasteiger charge is 2.27. The molecule has 0 fully saturated rings. The Morgan fingerprint density at radius 2 is 1.25 bits per heavy atom. The molecule has 1 aliphatic rings. The van der Waals surface area contributed by atoms with E-state index in [-0.39, 0.29) is 0 Å². The molecule has 0 N–H and O–H groups in total. The Labute approximate surface area is 240 Å². The van der Waals surface area contributed by atoms with Crippen LogP contribution in [0.4, 0.5) is 0 Å². The summed E-state index contributed by atoms with van der Waals surface area (Å²) in [4.78, 5) is 0. The van der Waals surface area contributed by atoms with Crippen molar-refractivity contribution in [3.8, 4) is 16.9 Å². The fraction of sp³-hybridized carbons (Fsp3) is 0.316. The molecule has 40 heavy (non-hydrogen) atoms. The molecule has 0 saturated heterocycles. The van der Waals surface area contributed by atoms with Crippen molar-refractivity contribution in [3.63, 3.8) is 0 Å². The molecule has 5 aromatic rings. The molecule has 2 nitrogen and oxygen atoms in total. The fourth-order valence-corrected chi connectivity index (χ4v) is 5.95. The second-order valence-electron chi connectivity index (χ2n) is 12.1. The first-order chi connectivity index (χ1) is 19.1. The molecule has 0 radical (unpaired) electrons. The zero-order chi connectivity index (χ0) is 28.6. The van der Waals surface area contributed by atoms with Crippen LogP contribution in [-0.2, 0) is 0 Å². The number of hydrogen-bond donors (Lipinski definition) is 0. The van der Waals surface area contributed by atoms with Crippen LogP contribution < -0.4 is 4.74 Å². The van der Waals surface area contributed by atoms with E-state index in [0.717, 1.165) is 17.9 Å². The predicted molar refractivity (Wildman–Crippen MR) is 169 cm³/mol. The van der Waals surface area contributed by atoms with E-state index >= 15 is 0 Å². The van der Waals surface area contributed by atoms with Crippen molar-refractivity contribution in [3.05, 3.63) is 124 Å². The van der Waals surface area contributed by atoms with E-state index in [1.54, 1.807) is 0 Å². The normalized spacial score (nSPS) is 14.3. The molecule has 0 spiro atoms. The number of ether oxygens (including phenoxy) is 1. The monoisotopic (exact) mass is 530 g/mol. The summed E-state index contributed by atoms with van der Waals surface area (Å²) in [6, 6.07) is 26.6. The standard InChI is InChI=1S/C19H22O.C19H20O/c2*1-12(2)15-5-7-16(8-6-15)17-11-20-18-10-13(3)9-14(4)19(17)18/h5-10,12,17H,11H2,1-4H3;5-12H,1-4H3. The molecule has 2 heteroatoms. The lowest BCUT2D eigenvalue weighted by Gasteiger charge is -2.14. The Morgan fingerprint density at radius 3 is 1.88 bits per heavy atom. The van der Waals surface area contributed by atoms with Gasteiger partial charge in [-0.3, -0.25) is 0 Å². The second-order valence-corrected chi connectivity index (χ2v) is 12.1. The molecule has 1 atom stereocenters. The van der Waals surface area contributed by atoms with Gasteiger partial charge in [0.05, 0.1) is 12.9 Å². The second kappa shape index (κ2) is 11.4. The van der Waals surface area contributed by atoms with Gasteiger partial charge in [-0.15, -0.1) is 0 Å². The van der Waals surface area contributed by atoms with Crippen LogP contribution in [0.3, 0.4) is 0 Å². The summed E-state index contributed by atoms with van der Waals surface area (Å²) in [7, 11) is 0. The molecule has 0 amide bonds. The number of hydrogen-bond acceptors (Lipinski definition) is 2. The zero-order valence-electron chi connectivity index (χ0n) is 25.3. The third-order valence-electron chi connectivity index (χ3n) is 8.16. The van der Waals surface area contributed by atoms with Crippen LogP contribution in [0.1, 0.15) is 90.0 Å². The Hall–Kier alpha value is -3.78. The van der Waals surface area contributed by atoms with Crippen molar-refractivity contribution >= 4 is 11.0 Å². The summed E-state index contributed by atoms with van der Waals surface area (Å²) in [6.07, 6.45) is 1.88. The molecule has 1 aromatic heterocycles. The molecule has 2 heterocycles. The molecule has 0 aliphatic carbocycles. The lowest BCUT2D eigenvalue weighted by Crippen LogP contribution is -2.04. The first-order valence-corrected chi connectivity index (χ1v) is 14.5. The van der Waals surface area contributed by atoms with Crippen LogP contribution in [0, 0.1) is 27.7 Å². The van der Waals surface area contributed by atoms with Crippen LogP contribution in [0.5, 0.6) is 5.75 Å². The molecule has 1 unspecified atom stereocenters. The maximum Gasteiger partial charge on any atom is 0.135 e. The highest BCUT2D eigenvalue weighted by atomic mass is 16.5. The fourth-order valence-electron chi connectivity index (χ4n) is 5.95. The summed E-state index contributed by atoms with van der Waals surface area (Å²) >= 11 is 0. The van der Waals surface area contributed by atoms with Gasteiger partial charge < -0.3 is 9.15 Å². The minimum atomic E-state index is 0.381. The van der Waals surface area contributed by atoms with E-state index in [1.165, 1.54) is 61.0 Å². The number of fused-ring (bicyclic) bond motifs is 2. The van der Waals surface area contributed by atoms with Gasteiger partial charge in [-0.25, -0.2) is 0 Å². The average Bonchev–Trinajstić information content (AvgIpc) is 3.54. The number of rotatable bonds is 4. The first kappa shape index (κ1) is 27.8. The molecule has 4 aromatic carbocycles. The average molecular weight is 531 g/mol. The van der Waals surface area contributed by atoms with Crippen molar-refractivity contribution in [1.29, 1.82) is 0 Å². The Bertz CT molecular complexity index is 1620. The Kier molecular flexibility index (Phi) is 7.90. The minimum Gasteiger partial charge on any atom is -0.492 e. The number of benzene rings is 4. The molecule has 1 aliphatic heterocycles. The molecule has 206 valence electrons. The minimum absolute atomic E-state index is 0.381. The maximum atomic E-state index is 5.90. The van der Waals surface area contributed by atoms with Crippen molar-refractivity contribution in [2.24, 2.45) is 0 Å². The largest absolute Gasteiger partial charge is 0.492 e. The molecular weight excluding hydrogens is 488 g/mol. The van der Waals surface area contributed by atoms with Gasteiger partial charge in [0.1, 0.15) is 11.3 Å². The summed E-state index contributed by atoms with van der Waals surface area (Å²) in [5.41, 5.74) is 14.0. The van der Waals surface area contributed by atoms with Crippen molar-refractivity contribution in [2.75, 3.05) is 6.61 Å². The topological polar surface area (TPSA) is 22.4 Å². The molecule has 6 rings (SSSR count). The van der Waals surface area contributed by atoms with E-state index in [1.807, 2.05) is 6.26 Å². The van der Waals surface area contributed by atoms with E-state index < -0.39 is 0 Å². The van der Waals surface area contributed by atoms with E-state index in [4.69, 9.17) is 9.15 Å². The van der Waals surface area contributed by atoms with Gasteiger partial charge in [-0.1, -0.05) is 88.4 Å². The Morgan fingerprint density at radius 1 is 0.675 bits per heavy atom. The third kappa shape index (κ3) is 5.59. The van der Waals surface area contributed by atoms with Crippen LogP contribution in [0.15, 0.2) is 83.5 Å². The van der Waals surface area contributed by atoms with E-state index in [0.29, 0.717) is 17.8 Å². The van der Waals surface area contributed by atoms with Crippen LogP contribution in [-0.4, -0.2) is 6.61 Å². The van der Waals surface area contributed by atoms with E-state index in [2.05, 4.69) is 128 Å². The van der Waals surface area contributed by atoms with Gasteiger partial charge in [-0.2, -0.15) is 0 Å². The Balaban J connectivity index is 0.000000161. The van der Waals surface area contributed by atoms with Crippen molar-refractivity contribution < 1.29 is 9.15 Å². The van der Waals surface area contributed by atoms with Crippen LogP contribution in [0.2, 0.25) is 0 Å². The summed E-state index contributed by atoms with van der Waals surface area (Å²) < 4.78 is 11.6. The predicted octanol–water partition coefficient (Wildman–Crippen LogP) is 10.8. The van der Waals surface area contributed by atoms with Gasteiger partial charge in [0.25, 0.3) is 0 Å². The highest BCUT2D eigenvalue weighted by Crippen LogP contribution is 2.41. The lowest BCUT2D eigenvalue weighted by atomic mass is 9.88. The summed E-state index contributed by atoms with van der Waals surface area (Å²) in [6.45, 7) is 18.2. The summed E-state index contributed by atoms with van der Waals surface area (Å²) in [5.74, 6) is 2.60. The molecular formula is C38H42O2. The quantitative estimate of drug-likeness (QED) is 0.230. The SMILES string of the molecule is Cc1cc(C)c2c(-c3ccc(C(C)C)cc3)coc2c1.Cc1cc(C)c2c(c1)OCC2c1ccc(C(C)C)cc1. The third-order valence-corrected chi connectivity index (χ3v) is 8.16. The van der Waals surface area contributed by atoms with Gasteiger partial charge in [0.2, 0.25) is 0 Å². The van der Waals surface area contributed by atoms with Crippen LogP contribution in [0.25, 0.3) is 22.1 Å². The number of furan rings is 1. The van der Waals surface area contributed by atoms with Gasteiger partial charge in [0.15, 0.2) is 0 Å². The zero-order valence-corrected chi connectivity index (χ0v) is 25.3. The molecule has 0 saturated carbocycles. The first-order valence-electron chi connectivity index (χ1n) is 14.5. The number of aryl methyl sites for hydroxylation is 4. The van der Waals surface area contributed by atoms with Crippen LogP contribution >= 0.6 is 0 Å². The van der Waals surface area contributed by atoms with Gasteiger partial charge in [-0.05, 0) is 96.2 Å². The highest BCUT2D eigenvalue weighted by molar-refractivity contribution is 5.96.